The van der Waals surface area contributed by atoms with E-state index in [-0.39, 0.29) is 20.8 Å². The lowest BCUT2D eigenvalue weighted by Crippen LogP contribution is -2.40. The molecule has 1 atom stereocenters. The average molecular weight is 422 g/mol. The number of hydrogen-bond acceptors (Lipinski definition) is 7. The molecule has 140 valence electrons. The molecular weight excluding hydrogens is 409 g/mol. The maximum Gasteiger partial charge on any atom is 0.324 e. The molecule has 0 aliphatic carbocycles. The monoisotopic (exact) mass is 421 g/mol. The zero-order chi connectivity index (χ0) is 19.3. The van der Waals surface area contributed by atoms with Gasteiger partial charge in [0.15, 0.2) is 12.4 Å². The molecule has 2 aromatic rings. The minimum atomic E-state index is -4.04. The van der Waals surface area contributed by atoms with Gasteiger partial charge in [0.2, 0.25) is 10.0 Å². The molecule has 9 nitrogen and oxygen atoms in total. The van der Waals surface area contributed by atoms with E-state index in [9.17, 15) is 18.0 Å². The lowest BCUT2D eigenvalue weighted by molar-refractivity contribution is -0.148. The topological polar surface area (TPSA) is 128 Å². The molecule has 0 aliphatic heterocycles. The molecule has 1 amide bonds. The van der Waals surface area contributed by atoms with Crippen LogP contribution in [-0.4, -0.2) is 38.1 Å². The van der Waals surface area contributed by atoms with Crippen molar-refractivity contribution in [1.82, 2.24) is 9.88 Å². The number of carbonyl (C=O) groups excluding carboxylic acids is 2. The summed E-state index contributed by atoms with van der Waals surface area (Å²) in [4.78, 5) is 23.3. The van der Waals surface area contributed by atoms with E-state index in [1.165, 1.54) is 31.4 Å². The van der Waals surface area contributed by atoms with Crippen LogP contribution in [0.3, 0.4) is 0 Å². The summed E-state index contributed by atoms with van der Waals surface area (Å²) >= 11 is 11.5. The SMILES string of the molecule is C[C@H](NS(=O)(=O)c1ccc(Cl)c(Cl)c1)C(=O)OCC(=O)Nc1ccon1. The van der Waals surface area contributed by atoms with Crippen molar-refractivity contribution >= 4 is 50.9 Å². The van der Waals surface area contributed by atoms with Crippen LogP contribution in [-0.2, 0) is 24.3 Å². The Hall–Kier alpha value is -2.14. The number of esters is 1. The van der Waals surface area contributed by atoms with Crippen molar-refractivity contribution in [1.29, 1.82) is 0 Å². The van der Waals surface area contributed by atoms with Crippen molar-refractivity contribution in [2.24, 2.45) is 0 Å². The third-order valence-electron chi connectivity index (χ3n) is 2.94. The van der Waals surface area contributed by atoms with E-state index in [2.05, 4.69) is 19.7 Å². The Kier molecular flexibility index (Phi) is 6.59. The van der Waals surface area contributed by atoms with Gasteiger partial charge in [0.05, 0.1) is 14.9 Å². The number of nitrogens with one attached hydrogen (secondary N) is 2. The number of anilines is 1. The standard InChI is InChI=1S/C14H13Cl2N3O6S/c1-8(14(21)24-7-13(20)17-12-4-5-25-18-12)19-26(22,23)9-2-3-10(15)11(16)6-9/h2-6,8,19H,7H2,1H3,(H,17,18,20)/t8-/m0/s1. The van der Waals surface area contributed by atoms with E-state index in [4.69, 9.17) is 27.9 Å². The lowest BCUT2D eigenvalue weighted by Gasteiger charge is -2.14. The first-order valence-electron chi connectivity index (χ1n) is 7.03. The van der Waals surface area contributed by atoms with Crippen molar-refractivity contribution in [2.45, 2.75) is 17.9 Å². The van der Waals surface area contributed by atoms with Gasteiger partial charge < -0.3 is 14.6 Å². The summed E-state index contributed by atoms with van der Waals surface area (Å²) in [5.41, 5.74) is 0. The number of aromatic nitrogens is 1. The highest BCUT2D eigenvalue weighted by molar-refractivity contribution is 7.89. The maximum atomic E-state index is 12.2. The van der Waals surface area contributed by atoms with E-state index in [0.29, 0.717) is 0 Å². The van der Waals surface area contributed by atoms with Gasteiger partial charge in [-0.15, -0.1) is 0 Å². The molecule has 12 heteroatoms. The van der Waals surface area contributed by atoms with E-state index in [1.54, 1.807) is 0 Å². The minimum absolute atomic E-state index is 0.0503. The van der Waals surface area contributed by atoms with Gasteiger partial charge in [-0.1, -0.05) is 28.4 Å². The Morgan fingerprint density at radius 3 is 2.62 bits per heavy atom. The number of ether oxygens (including phenoxy) is 1. The molecule has 26 heavy (non-hydrogen) atoms. The molecule has 0 radical (unpaired) electrons. The molecule has 2 rings (SSSR count). The molecule has 1 aromatic heterocycles. The van der Waals surface area contributed by atoms with Crippen LogP contribution in [0.1, 0.15) is 6.92 Å². The number of sulfonamides is 1. The average Bonchev–Trinajstić information content (AvgIpc) is 3.07. The Bertz CT molecular complexity index is 901. The van der Waals surface area contributed by atoms with E-state index in [1.807, 2.05) is 0 Å². The van der Waals surface area contributed by atoms with Crippen LogP contribution in [0, 0.1) is 0 Å². The van der Waals surface area contributed by atoms with Gasteiger partial charge in [-0.2, -0.15) is 4.72 Å². The van der Waals surface area contributed by atoms with E-state index < -0.39 is 34.5 Å². The Morgan fingerprint density at radius 2 is 2.00 bits per heavy atom. The van der Waals surface area contributed by atoms with Gasteiger partial charge in [-0.25, -0.2) is 8.42 Å². The van der Waals surface area contributed by atoms with Gasteiger partial charge in [-0.3, -0.25) is 9.59 Å². The van der Waals surface area contributed by atoms with Gasteiger partial charge in [-0.05, 0) is 25.1 Å². The number of benzene rings is 1. The summed E-state index contributed by atoms with van der Waals surface area (Å²) in [6, 6.07) is 3.85. The predicted molar refractivity (Wildman–Crippen MR) is 92.3 cm³/mol. The molecule has 0 unspecified atom stereocenters. The Morgan fingerprint density at radius 1 is 1.27 bits per heavy atom. The van der Waals surface area contributed by atoms with Crippen LogP contribution in [0.15, 0.2) is 39.9 Å². The molecule has 0 saturated carbocycles. The first kappa shape index (κ1) is 20.2. The molecular formula is C14H13Cl2N3O6S. The van der Waals surface area contributed by atoms with E-state index >= 15 is 0 Å². The van der Waals surface area contributed by atoms with Crippen LogP contribution in [0.2, 0.25) is 10.0 Å². The number of carbonyl (C=O) groups is 2. The summed E-state index contributed by atoms with van der Waals surface area (Å²) in [5.74, 6) is -1.45. The number of hydrogen-bond donors (Lipinski definition) is 2. The quantitative estimate of drug-likeness (QED) is 0.652. The van der Waals surface area contributed by atoms with Crippen molar-refractivity contribution in [2.75, 3.05) is 11.9 Å². The van der Waals surface area contributed by atoms with Crippen molar-refractivity contribution in [3.05, 3.63) is 40.6 Å². The van der Waals surface area contributed by atoms with Crippen LogP contribution >= 0.6 is 23.2 Å². The summed E-state index contributed by atoms with van der Waals surface area (Å²) < 4.78 is 35.9. The summed E-state index contributed by atoms with van der Waals surface area (Å²) in [6.45, 7) is 0.650. The van der Waals surface area contributed by atoms with Gasteiger partial charge in [0.25, 0.3) is 5.91 Å². The first-order chi connectivity index (χ1) is 12.2. The lowest BCUT2D eigenvalue weighted by atomic mass is 10.4. The largest absolute Gasteiger partial charge is 0.454 e. The van der Waals surface area contributed by atoms with Gasteiger partial charge in [0.1, 0.15) is 12.3 Å². The zero-order valence-electron chi connectivity index (χ0n) is 13.2. The van der Waals surface area contributed by atoms with Crippen LogP contribution < -0.4 is 10.0 Å². The summed E-state index contributed by atoms with van der Waals surface area (Å²) in [6.07, 6.45) is 1.25. The van der Waals surface area contributed by atoms with Crippen molar-refractivity contribution in [3.63, 3.8) is 0 Å². The first-order valence-corrected chi connectivity index (χ1v) is 9.27. The molecule has 0 bridgehead atoms. The van der Waals surface area contributed by atoms with Crippen LogP contribution in [0.25, 0.3) is 0 Å². The van der Waals surface area contributed by atoms with Crippen LogP contribution in [0.5, 0.6) is 0 Å². The molecule has 0 spiro atoms. The normalized spacial score (nSPS) is 12.4. The smallest absolute Gasteiger partial charge is 0.324 e. The highest BCUT2D eigenvalue weighted by atomic mass is 35.5. The third-order valence-corrected chi connectivity index (χ3v) is 5.22. The zero-order valence-corrected chi connectivity index (χ0v) is 15.6. The molecule has 0 aliphatic rings. The molecule has 0 fully saturated rings. The Balaban J connectivity index is 1.91. The number of amides is 1. The van der Waals surface area contributed by atoms with Gasteiger partial charge in [0, 0.05) is 6.07 Å². The molecule has 1 aromatic carbocycles. The fraction of sp³-hybridized carbons (Fsp3) is 0.214. The highest BCUT2D eigenvalue weighted by Crippen LogP contribution is 2.24. The number of halogens is 2. The summed E-state index contributed by atoms with van der Waals surface area (Å²) in [7, 11) is -4.04. The second-order valence-corrected chi connectivity index (χ2v) is 7.49. The molecule has 0 saturated heterocycles. The fourth-order valence-corrected chi connectivity index (χ4v) is 3.29. The predicted octanol–water partition coefficient (Wildman–Crippen LogP) is 1.83. The number of nitrogens with zero attached hydrogens (tertiary/aromatic N) is 1. The van der Waals surface area contributed by atoms with Crippen molar-refractivity contribution in [3.8, 4) is 0 Å². The molecule has 2 N–H and O–H groups in total. The molecule has 1 heterocycles. The maximum absolute atomic E-state index is 12.2. The highest BCUT2D eigenvalue weighted by Gasteiger charge is 2.24. The minimum Gasteiger partial charge on any atom is -0.454 e. The van der Waals surface area contributed by atoms with Crippen LogP contribution in [0.4, 0.5) is 5.82 Å². The second-order valence-electron chi connectivity index (χ2n) is 4.96. The van der Waals surface area contributed by atoms with E-state index in [0.717, 1.165) is 6.07 Å². The number of rotatable bonds is 7. The second kappa shape index (κ2) is 8.49. The third kappa shape index (κ3) is 5.43. The Labute approximate surface area is 158 Å². The summed E-state index contributed by atoms with van der Waals surface area (Å²) in [5, 5.41) is 6.01. The fourth-order valence-electron chi connectivity index (χ4n) is 1.71. The van der Waals surface area contributed by atoms with Crippen molar-refractivity contribution < 1.29 is 27.3 Å². The van der Waals surface area contributed by atoms with Gasteiger partial charge >= 0.3 is 5.97 Å².